The lowest BCUT2D eigenvalue weighted by atomic mass is 9.96. The predicted molar refractivity (Wildman–Crippen MR) is 98.9 cm³/mol. The van der Waals surface area contributed by atoms with Crippen molar-refractivity contribution in [1.29, 1.82) is 0 Å². The first-order valence-corrected chi connectivity index (χ1v) is 10.0. The molecule has 1 N–H and O–H groups in total. The molecule has 0 bridgehead atoms. The average molecular weight is 367 g/mol. The maximum Gasteiger partial charge on any atom is 0.231 e. The molecule has 0 unspecified atom stereocenters. The molecule has 6 nitrogen and oxygen atoms in total. The normalized spacial score (nSPS) is 12.0. The number of nitrogens with zero attached hydrogens (tertiary/aromatic N) is 2. The largest absolute Gasteiger partial charge is 0.302 e. The van der Waals surface area contributed by atoms with Crippen LogP contribution < -0.4 is 9.62 Å². The molecule has 8 heteroatoms. The van der Waals surface area contributed by atoms with Crippen molar-refractivity contribution in [3.8, 4) is 11.3 Å². The van der Waals surface area contributed by atoms with Crippen LogP contribution in [-0.2, 0) is 14.8 Å². The first-order chi connectivity index (χ1) is 11.0. The van der Waals surface area contributed by atoms with Crippen LogP contribution in [0.25, 0.3) is 11.3 Å². The zero-order chi connectivity index (χ0) is 18.1. The number of rotatable bonds is 4. The summed E-state index contributed by atoms with van der Waals surface area (Å²) in [5.41, 5.74) is 1.69. The summed E-state index contributed by atoms with van der Waals surface area (Å²) < 4.78 is 24.3. The Bertz CT molecular complexity index is 834. The van der Waals surface area contributed by atoms with Gasteiger partial charge in [-0.1, -0.05) is 32.9 Å². The maximum atomic E-state index is 12.0. The summed E-state index contributed by atoms with van der Waals surface area (Å²) in [5, 5.41) is 5.20. The van der Waals surface area contributed by atoms with Crippen molar-refractivity contribution in [2.45, 2.75) is 20.8 Å². The van der Waals surface area contributed by atoms with Crippen LogP contribution in [0.4, 0.5) is 10.8 Å². The lowest BCUT2D eigenvalue weighted by Crippen LogP contribution is -2.27. The van der Waals surface area contributed by atoms with E-state index in [1.54, 1.807) is 24.3 Å². The van der Waals surface area contributed by atoms with Crippen molar-refractivity contribution in [2.75, 3.05) is 22.9 Å². The van der Waals surface area contributed by atoms with E-state index in [1.807, 2.05) is 26.2 Å². The minimum absolute atomic E-state index is 0.0893. The molecule has 130 valence electrons. The summed E-state index contributed by atoms with van der Waals surface area (Å²) in [6, 6.07) is 7.06. The van der Waals surface area contributed by atoms with Gasteiger partial charge in [-0.2, -0.15) is 0 Å². The quantitative estimate of drug-likeness (QED) is 0.900. The number of sulfonamides is 1. The summed E-state index contributed by atoms with van der Waals surface area (Å²) in [5.74, 6) is -0.0893. The van der Waals surface area contributed by atoms with E-state index in [0.29, 0.717) is 10.8 Å². The number of carbonyl (C=O) groups is 1. The van der Waals surface area contributed by atoms with E-state index in [1.165, 1.54) is 22.7 Å². The molecule has 1 aromatic carbocycles. The van der Waals surface area contributed by atoms with Crippen LogP contribution in [0.2, 0.25) is 0 Å². The Morgan fingerprint density at radius 2 is 1.79 bits per heavy atom. The van der Waals surface area contributed by atoms with Crippen molar-refractivity contribution < 1.29 is 13.2 Å². The fraction of sp³-hybridized carbons (Fsp3) is 0.375. The number of benzene rings is 1. The highest BCUT2D eigenvalue weighted by molar-refractivity contribution is 7.92. The van der Waals surface area contributed by atoms with E-state index in [4.69, 9.17) is 0 Å². The second kappa shape index (κ2) is 6.52. The summed E-state index contributed by atoms with van der Waals surface area (Å²) in [6.45, 7) is 5.52. The Labute approximate surface area is 146 Å². The SMILES string of the molecule is CN(c1ccc(-c2csc(NC(=O)C(C)(C)C)n2)cc1)S(C)(=O)=O. The molecular formula is C16H21N3O3S2. The Hall–Kier alpha value is -1.93. The molecule has 2 aromatic rings. The first kappa shape index (κ1) is 18.4. The van der Waals surface area contributed by atoms with Crippen molar-refractivity contribution >= 4 is 38.1 Å². The van der Waals surface area contributed by atoms with E-state index in [2.05, 4.69) is 10.3 Å². The fourth-order valence-corrected chi connectivity index (χ4v) is 3.00. The average Bonchev–Trinajstić information content (AvgIpc) is 2.93. The molecule has 0 radical (unpaired) electrons. The number of anilines is 2. The van der Waals surface area contributed by atoms with Crippen LogP contribution in [0.5, 0.6) is 0 Å². The maximum absolute atomic E-state index is 12.0. The molecule has 1 aromatic heterocycles. The Morgan fingerprint density at radius 1 is 1.21 bits per heavy atom. The van der Waals surface area contributed by atoms with Gasteiger partial charge in [-0.3, -0.25) is 9.10 Å². The van der Waals surface area contributed by atoms with Crippen LogP contribution >= 0.6 is 11.3 Å². The summed E-state index contributed by atoms with van der Waals surface area (Å²) in [6.07, 6.45) is 1.16. The molecule has 0 aliphatic carbocycles. The second-order valence-electron chi connectivity index (χ2n) is 6.52. The van der Waals surface area contributed by atoms with Gasteiger partial charge in [0.25, 0.3) is 0 Å². The monoisotopic (exact) mass is 367 g/mol. The van der Waals surface area contributed by atoms with Gasteiger partial charge in [0.1, 0.15) is 0 Å². The summed E-state index contributed by atoms with van der Waals surface area (Å²) in [7, 11) is -1.78. The fourth-order valence-electron chi connectivity index (χ4n) is 1.78. The molecule has 1 amide bonds. The van der Waals surface area contributed by atoms with Gasteiger partial charge in [-0.25, -0.2) is 13.4 Å². The van der Waals surface area contributed by atoms with E-state index in [-0.39, 0.29) is 5.91 Å². The van der Waals surface area contributed by atoms with Gasteiger partial charge in [0, 0.05) is 23.4 Å². The molecule has 0 spiro atoms. The molecule has 1 heterocycles. The number of hydrogen-bond donors (Lipinski definition) is 1. The third-order valence-corrected chi connectivity index (χ3v) is 5.39. The van der Waals surface area contributed by atoms with Gasteiger partial charge >= 0.3 is 0 Å². The highest BCUT2D eigenvalue weighted by atomic mass is 32.2. The van der Waals surface area contributed by atoms with Crippen molar-refractivity contribution in [2.24, 2.45) is 5.41 Å². The number of amides is 1. The highest BCUT2D eigenvalue weighted by Gasteiger charge is 2.22. The molecule has 0 saturated carbocycles. The Kier molecular flexibility index (Phi) is 5.00. The van der Waals surface area contributed by atoms with E-state index >= 15 is 0 Å². The minimum Gasteiger partial charge on any atom is -0.302 e. The number of nitrogens with one attached hydrogen (secondary N) is 1. The molecule has 0 atom stereocenters. The van der Waals surface area contributed by atoms with Gasteiger partial charge in [0.05, 0.1) is 17.6 Å². The number of hydrogen-bond acceptors (Lipinski definition) is 5. The molecule has 0 fully saturated rings. The van der Waals surface area contributed by atoms with E-state index < -0.39 is 15.4 Å². The molecule has 0 aliphatic heterocycles. The molecule has 2 rings (SSSR count). The van der Waals surface area contributed by atoms with Gasteiger partial charge < -0.3 is 5.32 Å². The summed E-state index contributed by atoms with van der Waals surface area (Å²) >= 11 is 1.35. The molecule has 24 heavy (non-hydrogen) atoms. The highest BCUT2D eigenvalue weighted by Crippen LogP contribution is 2.28. The van der Waals surface area contributed by atoms with Crippen molar-refractivity contribution in [3.05, 3.63) is 29.6 Å². The minimum atomic E-state index is -3.28. The summed E-state index contributed by atoms with van der Waals surface area (Å²) in [4.78, 5) is 16.4. The standard InChI is InChI=1S/C16H21N3O3S2/c1-16(2,3)14(20)18-15-17-13(10-23-15)11-6-8-12(9-7-11)19(4)24(5,21)22/h6-10H,1-5H3,(H,17,18,20). The zero-order valence-electron chi connectivity index (χ0n) is 14.3. The predicted octanol–water partition coefficient (Wildman–Crippen LogP) is 3.19. The van der Waals surface area contributed by atoms with Crippen LogP contribution in [-0.4, -0.2) is 32.6 Å². The van der Waals surface area contributed by atoms with Crippen LogP contribution in [0.3, 0.4) is 0 Å². The van der Waals surface area contributed by atoms with E-state index in [0.717, 1.165) is 17.5 Å². The number of carbonyl (C=O) groups excluding carboxylic acids is 1. The molecular weight excluding hydrogens is 346 g/mol. The zero-order valence-corrected chi connectivity index (χ0v) is 16.0. The lowest BCUT2D eigenvalue weighted by molar-refractivity contribution is -0.123. The lowest BCUT2D eigenvalue weighted by Gasteiger charge is -2.16. The van der Waals surface area contributed by atoms with Crippen molar-refractivity contribution in [1.82, 2.24) is 4.98 Å². The van der Waals surface area contributed by atoms with Gasteiger partial charge in [0.15, 0.2) is 5.13 Å². The van der Waals surface area contributed by atoms with Crippen LogP contribution in [0.1, 0.15) is 20.8 Å². The Balaban J connectivity index is 2.18. The van der Waals surface area contributed by atoms with Gasteiger partial charge in [-0.15, -0.1) is 11.3 Å². The number of thiazole rings is 1. The van der Waals surface area contributed by atoms with Crippen LogP contribution in [0.15, 0.2) is 29.6 Å². The third kappa shape index (κ3) is 4.33. The van der Waals surface area contributed by atoms with Gasteiger partial charge in [0.2, 0.25) is 15.9 Å². The molecule has 0 aliphatic rings. The second-order valence-corrected chi connectivity index (χ2v) is 9.39. The third-order valence-electron chi connectivity index (χ3n) is 3.43. The Morgan fingerprint density at radius 3 is 2.29 bits per heavy atom. The van der Waals surface area contributed by atoms with Crippen LogP contribution in [0, 0.1) is 5.41 Å². The molecule has 0 saturated heterocycles. The van der Waals surface area contributed by atoms with E-state index in [9.17, 15) is 13.2 Å². The van der Waals surface area contributed by atoms with Crippen molar-refractivity contribution in [3.63, 3.8) is 0 Å². The topological polar surface area (TPSA) is 79.4 Å². The smallest absolute Gasteiger partial charge is 0.231 e. The first-order valence-electron chi connectivity index (χ1n) is 7.30. The van der Waals surface area contributed by atoms with Gasteiger partial charge in [-0.05, 0) is 12.1 Å². The number of aromatic nitrogens is 1.